The lowest BCUT2D eigenvalue weighted by atomic mass is 9.90. The second-order valence-electron chi connectivity index (χ2n) is 6.11. The molecule has 0 atom stereocenters. The van der Waals surface area contributed by atoms with Crippen molar-refractivity contribution in [2.45, 2.75) is 39.5 Å². The van der Waals surface area contributed by atoms with E-state index in [0.29, 0.717) is 33.9 Å². The van der Waals surface area contributed by atoms with E-state index in [1.165, 1.54) is 0 Å². The van der Waals surface area contributed by atoms with Gasteiger partial charge in [-0.3, -0.25) is 0 Å². The molecule has 0 aliphatic heterocycles. The first-order valence-electron chi connectivity index (χ1n) is 7.59. The van der Waals surface area contributed by atoms with Crippen molar-refractivity contribution in [1.29, 1.82) is 0 Å². The van der Waals surface area contributed by atoms with Crippen LogP contribution in [0.4, 0.5) is 0 Å². The van der Waals surface area contributed by atoms with Crippen LogP contribution in [0, 0.1) is 13.8 Å². The Kier molecular flexibility index (Phi) is 2.76. The van der Waals surface area contributed by atoms with Crippen molar-refractivity contribution in [3.05, 3.63) is 55.2 Å². The van der Waals surface area contributed by atoms with E-state index in [2.05, 4.69) is 0 Å². The minimum atomic E-state index is -0.406. The minimum absolute atomic E-state index is 0.312. The third kappa shape index (κ3) is 1.76. The van der Waals surface area contributed by atoms with Crippen molar-refractivity contribution in [1.82, 2.24) is 0 Å². The quantitative estimate of drug-likeness (QED) is 0.471. The first kappa shape index (κ1) is 13.3. The highest BCUT2D eigenvalue weighted by atomic mass is 16.4. The van der Waals surface area contributed by atoms with Crippen LogP contribution in [0.1, 0.15) is 35.1 Å². The molecule has 0 saturated carbocycles. The molecule has 22 heavy (non-hydrogen) atoms. The maximum Gasteiger partial charge on any atom is 0.347 e. The molecule has 1 aliphatic carbocycles. The summed E-state index contributed by atoms with van der Waals surface area (Å²) in [6.45, 7) is 3.86. The van der Waals surface area contributed by atoms with Crippen molar-refractivity contribution < 1.29 is 8.83 Å². The zero-order valence-electron chi connectivity index (χ0n) is 12.6. The zero-order chi connectivity index (χ0) is 15.4. The van der Waals surface area contributed by atoms with Crippen molar-refractivity contribution in [3.63, 3.8) is 0 Å². The van der Waals surface area contributed by atoms with Gasteiger partial charge in [-0.2, -0.15) is 0 Å². The fourth-order valence-corrected chi connectivity index (χ4v) is 3.56. The maximum atomic E-state index is 12.5. The molecule has 0 bridgehead atoms. The van der Waals surface area contributed by atoms with Gasteiger partial charge in [-0.05, 0) is 62.3 Å². The van der Waals surface area contributed by atoms with Gasteiger partial charge in [0.15, 0.2) is 5.58 Å². The van der Waals surface area contributed by atoms with Crippen LogP contribution in [0.25, 0.3) is 21.9 Å². The van der Waals surface area contributed by atoms with Gasteiger partial charge >= 0.3 is 11.3 Å². The SMILES string of the molecule is Cc1cc(C)c2oc(=O)c3c4c(c(=O)oc3c2c1)CCCC4. The van der Waals surface area contributed by atoms with Gasteiger partial charge in [-0.1, -0.05) is 6.07 Å². The molecule has 0 saturated heterocycles. The second-order valence-corrected chi connectivity index (χ2v) is 6.11. The molecule has 0 unspecified atom stereocenters. The third-order valence-corrected chi connectivity index (χ3v) is 4.50. The molecule has 2 aromatic heterocycles. The van der Waals surface area contributed by atoms with Gasteiger partial charge in [0.05, 0.1) is 5.39 Å². The Morgan fingerprint density at radius 3 is 2.32 bits per heavy atom. The molecule has 4 nitrogen and oxygen atoms in total. The third-order valence-electron chi connectivity index (χ3n) is 4.50. The summed E-state index contributed by atoms with van der Waals surface area (Å²) in [7, 11) is 0. The monoisotopic (exact) mass is 296 g/mol. The molecule has 112 valence electrons. The molecule has 3 aromatic rings. The largest absolute Gasteiger partial charge is 0.422 e. The summed E-state index contributed by atoms with van der Waals surface area (Å²) in [5, 5.41) is 1.16. The van der Waals surface area contributed by atoms with Crippen LogP contribution < -0.4 is 11.3 Å². The molecule has 2 heterocycles. The normalized spacial score (nSPS) is 14.5. The lowest BCUT2D eigenvalue weighted by Gasteiger charge is -2.16. The Balaban J connectivity index is 2.30. The zero-order valence-corrected chi connectivity index (χ0v) is 12.6. The van der Waals surface area contributed by atoms with Crippen molar-refractivity contribution in [3.8, 4) is 0 Å². The Morgan fingerprint density at radius 2 is 1.55 bits per heavy atom. The molecule has 0 radical (unpaired) electrons. The summed E-state index contributed by atoms with van der Waals surface area (Å²) in [5.41, 5.74) is 3.55. The minimum Gasteiger partial charge on any atom is -0.422 e. The van der Waals surface area contributed by atoms with Gasteiger partial charge in [0.1, 0.15) is 11.0 Å². The van der Waals surface area contributed by atoms with Crippen LogP contribution >= 0.6 is 0 Å². The van der Waals surface area contributed by atoms with Crippen molar-refractivity contribution >= 4 is 21.9 Å². The van der Waals surface area contributed by atoms with Crippen LogP contribution in [0.15, 0.2) is 30.6 Å². The summed E-state index contributed by atoms with van der Waals surface area (Å²) in [5.74, 6) is 0. The lowest BCUT2D eigenvalue weighted by Crippen LogP contribution is -2.19. The fraction of sp³-hybridized carbons (Fsp3) is 0.333. The van der Waals surface area contributed by atoms with E-state index >= 15 is 0 Å². The second kappa shape index (κ2) is 4.57. The van der Waals surface area contributed by atoms with Crippen LogP contribution in [-0.4, -0.2) is 0 Å². The number of benzene rings is 1. The Hall–Kier alpha value is -2.36. The van der Waals surface area contributed by atoms with Crippen molar-refractivity contribution in [2.75, 3.05) is 0 Å². The summed E-state index contributed by atoms with van der Waals surface area (Å²) in [4.78, 5) is 24.8. The summed E-state index contributed by atoms with van der Waals surface area (Å²) in [6, 6.07) is 3.86. The smallest absolute Gasteiger partial charge is 0.347 e. The first-order valence-corrected chi connectivity index (χ1v) is 7.59. The molecule has 1 aliphatic rings. The average molecular weight is 296 g/mol. The van der Waals surface area contributed by atoms with Crippen LogP contribution in [0.5, 0.6) is 0 Å². The predicted molar refractivity (Wildman–Crippen MR) is 84.6 cm³/mol. The van der Waals surface area contributed by atoms with Crippen LogP contribution in [0.2, 0.25) is 0 Å². The number of fused-ring (bicyclic) bond motifs is 5. The van der Waals surface area contributed by atoms with E-state index in [1.807, 2.05) is 26.0 Å². The number of hydrogen-bond donors (Lipinski definition) is 0. The highest BCUT2D eigenvalue weighted by Crippen LogP contribution is 2.30. The van der Waals surface area contributed by atoms with E-state index in [0.717, 1.165) is 36.0 Å². The maximum absolute atomic E-state index is 12.5. The van der Waals surface area contributed by atoms with Crippen molar-refractivity contribution in [2.24, 2.45) is 0 Å². The topological polar surface area (TPSA) is 60.4 Å². The Labute approximate surface area is 126 Å². The van der Waals surface area contributed by atoms with Gasteiger partial charge < -0.3 is 8.83 Å². The molecule has 0 N–H and O–H groups in total. The summed E-state index contributed by atoms with van der Waals surface area (Å²) >= 11 is 0. The molecular weight excluding hydrogens is 280 g/mol. The molecule has 1 aromatic carbocycles. The first-order chi connectivity index (χ1) is 10.6. The van der Waals surface area contributed by atoms with E-state index in [-0.39, 0.29) is 5.63 Å². The average Bonchev–Trinajstić information content (AvgIpc) is 2.49. The van der Waals surface area contributed by atoms with Crippen LogP contribution in [0.3, 0.4) is 0 Å². The summed E-state index contributed by atoms with van der Waals surface area (Å²) < 4.78 is 11.1. The van der Waals surface area contributed by atoms with Gasteiger partial charge in [-0.15, -0.1) is 0 Å². The van der Waals surface area contributed by atoms with Gasteiger partial charge in [-0.25, -0.2) is 9.59 Å². The van der Waals surface area contributed by atoms with E-state index in [4.69, 9.17) is 8.83 Å². The van der Waals surface area contributed by atoms with Gasteiger partial charge in [0.25, 0.3) is 0 Å². The van der Waals surface area contributed by atoms with E-state index in [9.17, 15) is 9.59 Å². The molecular formula is C18H16O4. The van der Waals surface area contributed by atoms with E-state index < -0.39 is 5.63 Å². The Morgan fingerprint density at radius 1 is 0.864 bits per heavy atom. The standard InChI is InChI=1S/C18H16O4/c1-9-7-10(2)15-13(8-9)16-14(18(20)21-15)11-5-3-4-6-12(11)17(19)22-16/h7-8H,3-6H2,1-2H3. The predicted octanol–water partition coefficient (Wildman–Crippen LogP) is 3.40. The van der Waals surface area contributed by atoms with Gasteiger partial charge in [0, 0.05) is 5.56 Å². The number of rotatable bonds is 0. The molecule has 4 rings (SSSR count). The fourth-order valence-electron chi connectivity index (χ4n) is 3.56. The lowest BCUT2D eigenvalue weighted by molar-refractivity contribution is 0.521. The van der Waals surface area contributed by atoms with Crippen LogP contribution in [-0.2, 0) is 12.8 Å². The Bertz CT molecular complexity index is 1040. The van der Waals surface area contributed by atoms with E-state index in [1.54, 1.807) is 0 Å². The molecule has 0 amide bonds. The molecule has 0 spiro atoms. The van der Waals surface area contributed by atoms with Gasteiger partial charge in [0.2, 0.25) is 0 Å². The molecule has 4 heteroatoms. The summed E-state index contributed by atoms with van der Waals surface area (Å²) in [6.07, 6.45) is 3.35. The highest BCUT2D eigenvalue weighted by Gasteiger charge is 2.23. The highest BCUT2D eigenvalue weighted by molar-refractivity contribution is 6.03. The molecule has 0 fully saturated rings. The number of hydrogen-bond acceptors (Lipinski definition) is 4. The number of aryl methyl sites for hydroxylation is 3.